The second kappa shape index (κ2) is 7.46. The maximum atomic E-state index is 13.0. The number of nitrogens with zero attached hydrogens (tertiary/aromatic N) is 2. The molecule has 1 amide bonds. The number of halogens is 1. The van der Waals surface area contributed by atoms with Crippen LogP contribution in [-0.4, -0.2) is 35.4 Å². The van der Waals surface area contributed by atoms with Crippen LogP contribution in [0.2, 0.25) is 0 Å². The first-order valence-electron chi connectivity index (χ1n) is 7.94. The van der Waals surface area contributed by atoms with Crippen LogP contribution in [0, 0.1) is 0 Å². The Kier molecular flexibility index (Phi) is 5.06. The first-order chi connectivity index (χ1) is 12.7. The molecule has 8 heteroatoms. The lowest BCUT2D eigenvalue weighted by Crippen LogP contribution is -2.30. The number of ether oxygens (including phenoxy) is 1. The van der Waals surface area contributed by atoms with Crippen LogP contribution in [0.5, 0.6) is 5.75 Å². The molecule has 1 aliphatic heterocycles. The van der Waals surface area contributed by atoms with E-state index in [1.807, 2.05) is 40.6 Å². The maximum absolute atomic E-state index is 13.0. The van der Waals surface area contributed by atoms with E-state index >= 15 is 0 Å². The summed E-state index contributed by atoms with van der Waals surface area (Å²) in [6, 6.07) is 11.4. The number of methoxy groups -OCH3 is 1. The lowest BCUT2D eigenvalue weighted by atomic mass is 10.1. The average Bonchev–Trinajstić information content (AvgIpc) is 3.41. The largest absolute Gasteiger partial charge is 0.496 e. The summed E-state index contributed by atoms with van der Waals surface area (Å²) < 4.78 is 11.8. The molecule has 26 heavy (non-hydrogen) atoms. The Morgan fingerprint density at radius 3 is 3.04 bits per heavy atom. The minimum Gasteiger partial charge on any atom is -0.496 e. The number of thiophene rings is 1. The third-order valence-corrected chi connectivity index (χ3v) is 6.72. The van der Waals surface area contributed by atoms with Crippen LogP contribution in [-0.2, 0) is 0 Å². The van der Waals surface area contributed by atoms with E-state index in [9.17, 15) is 4.79 Å². The molecule has 0 bridgehead atoms. The van der Waals surface area contributed by atoms with Crippen molar-refractivity contribution in [3.05, 3.63) is 57.5 Å². The van der Waals surface area contributed by atoms with Gasteiger partial charge in [-0.25, -0.2) is 0 Å². The summed E-state index contributed by atoms with van der Waals surface area (Å²) in [5, 5.41) is 5.85. The van der Waals surface area contributed by atoms with Crippen molar-refractivity contribution in [2.75, 3.05) is 19.4 Å². The van der Waals surface area contributed by atoms with Crippen molar-refractivity contribution in [3.63, 3.8) is 0 Å². The minimum atomic E-state index is -0.131. The predicted molar refractivity (Wildman–Crippen MR) is 107 cm³/mol. The second-order valence-electron chi connectivity index (χ2n) is 5.66. The van der Waals surface area contributed by atoms with Crippen molar-refractivity contribution in [1.82, 2.24) is 10.1 Å². The number of carbonyl (C=O) groups excluding carboxylic acids is 1. The third kappa shape index (κ3) is 3.28. The smallest absolute Gasteiger partial charge is 0.277 e. The molecule has 1 aliphatic rings. The van der Waals surface area contributed by atoms with E-state index in [1.165, 1.54) is 0 Å². The van der Waals surface area contributed by atoms with Crippen LogP contribution in [0.15, 0.2) is 50.8 Å². The number of rotatable bonds is 4. The number of hydrogen-bond acceptors (Lipinski definition) is 6. The van der Waals surface area contributed by atoms with E-state index in [-0.39, 0.29) is 11.3 Å². The molecule has 1 saturated heterocycles. The molecule has 1 aromatic carbocycles. The fourth-order valence-corrected chi connectivity index (χ4v) is 5.21. The maximum Gasteiger partial charge on any atom is 0.277 e. The Hall–Kier alpha value is -1.77. The molecule has 5 nitrogen and oxygen atoms in total. The highest BCUT2D eigenvalue weighted by Gasteiger charge is 2.34. The summed E-state index contributed by atoms with van der Waals surface area (Å²) in [5.74, 6) is 2.12. The van der Waals surface area contributed by atoms with Crippen molar-refractivity contribution >= 4 is 44.9 Å². The number of hydrogen-bond donors (Lipinski definition) is 0. The van der Waals surface area contributed by atoms with E-state index < -0.39 is 0 Å². The summed E-state index contributed by atoms with van der Waals surface area (Å²) >= 11 is 6.78. The fourth-order valence-electron chi connectivity index (χ4n) is 2.89. The van der Waals surface area contributed by atoms with Gasteiger partial charge in [0, 0.05) is 28.4 Å². The van der Waals surface area contributed by atoms with Gasteiger partial charge in [-0.3, -0.25) is 4.79 Å². The van der Waals surface area contributed by atoms with Crippen LogP contribution >= 0.6 is 39.0 Å². The van der Waals surface area contributed by atoms with Gasteiger partial charge in [-0.1, -0.05) is 27.2 Å². The lowest BCUT2D eigenvalue weighted by Gasteiger charge is -2.24. The molecular formula is C18H15BrN2O3S2. The van der Waals surface area contributed by atoms with Crippen LogP contribution in [0.3, 0.4) is 0 Å². The number of carbonyl (C=O) groups is 1. The Bertz CT molecular complexity index is 926. The molecule has 0 aliphatic carbocycles. The molecule has 1 fully saturated rings. The Morgan fingerprint density at radius 2 is 2.27 bits per heavy atom. The molecule has 1 atom stereocenters. The number of thioether (sulfide) groups is 1. The first kappa shape index (κ1) is 17.6. The predicted octanol–water partition coefficient (Wildman–Crippen LogP) is 5.06. The van der Waals surface area contributed by atoms with Gasteiger partial charge in [0.25, 0.3) is 5.91 Å². The molecule has 0 radical (unpaired) electrons. The van der Waals surface area contributed by atoms with Gasteiger partial charge in [0.1, 0.15) is 11.1 Å². The minimum absolute atomic E-state index is 0.114. The highest BCUT2D eigenvalue weighted by molar-refractivity contribution is 9.10. The lowest BCUT2D eigenvalue weighted by molar-refractivity contribution is 0.0749. The highest BCUT2D eigenvalue weighted by Crippen LogP contribution is 2.43. The van der Waals surface area contributed by atoms with Crippen molar-refractivity contribution in [2.45, 2.75) is 5.37 Å². The monoisotopic (exact) mass is 450 g/mol. The van der Waals surface area contributed by atoms with Gasteiger partial charge in [0.2, 0.25) is 0 Å². The topological polar surface area (TPSA) is 55.6 Å². The van der Waals surface area contributed by atoms with Crippen molar-refractivity contribution in [1.29, 1.82) is 0 Å². The summed E-state index contributed by atoms with van der Waals surface area (Å²) in [6.07, 6.45) is 0. The third-order valence-electron chi connectivity index (χ3n) is 4.10. The molecule has 134 valence electrons. The fraction of sp³-hybridized carbons (Fsp3) is 0.222. The molecule has 0 saturated carbocycles. The zero-order valence-corrected chi connectivity index (χ0v) is 17.1. The number of benzene rings is 1. The average molecular weight is 451 g/mol. The summed E-state index contributed by atoms with van der Waals surface area (Å²) in [6.45, 7) is 0.658. The van der Waals surface area contributed by atoms with Gasteiger partial charge in [-0.05, 0) is 29.6 Å². The Balaban J connectivity index is 1.63. The number of amides is 1. The summed E-state index contributed by atoms with van der Waals surface area (Å²) in [5.41, 5.74) is 1.30. The SMILES string of the molecule is COc1ccc(Br)cc1C1SCCN1C(=O)c1cc(-c2cccs2)on1. The van der Waals surface area contributed by atoms with Gasteiger partial charge in [-0.15, -0.1) is 23.1 Å². The van der Waals surface area contributed by atoms with E-state index in [4.69, 9.17) is 9.26 Å². The normalized spacial score (nSPS) is 16.8. The van der Waals surface area contributed by atoms with Gasteiger partial charge >= 0.3 is 0 Å². The quantitative estimate of drug-likeness (QED) is 0.555. The van der Waals surface area contributed by atoms with E-state index in [0.29, 0.717) is 18.0 Å². The Labute approximate surface area is 167 Å². The molecule has 0 spiro atoms. The number of aromatic nitrogens is 1. The van der Waals surface area contributed by atoms with Crippen LogP contribution in [0.4, 0.5) is 0 Å². The van der Waals surface area contributed by atoms with E-state index in [1.54, 1.807) is 36.3 Å². The van der Waals surface area contributed by atoms with Crippen LogP contribution in [0.25, 0.3) is 10.6 Å². The van der Waals surface area contributed by atoms with E-state index in [2.05, 4.69) is 21.1 Å². The first-order valence-corrected chi connectivity index (χ1v) is 10.7. The molecular weight excluding hydrogens is 436 g/mol. The molecule has 4 rings (SSSR count). The molecule has 0 N–H and O–H groups in total. The van der Waals surface area contributed by atoms with Gasteiger partial charge in [0.05, 0.1) is 12.0 Å². The molecule has 1 unspecified atom stereocenters. The molecule has 3 aromatic rings. The molecule has 2 aromatic heterocycles. The van der Waals surface area contributed by atoms with Gasteiger partial charge in [-0.2, -0.15) is 0 Å². The summed E-state index contributed by atoms with van der Waals surface area (Å²) in [4.78, 5) is 15.8. The van der Waals surface area contributed by atoms with Crippen LogP contribution in [0.1, 0.15) is 21.4 Å². The second-order valence-corrected chi connectivity index (χ2v) is 8.71. The van der Waals surface area contributed by atoms with E-state index in [0.717, 1.165) is 26.4 Å². The zero-order valence-electron chi connectivity index (χ0n) is 13.8. The summed E-state index contributed by atoms with van der Waals surface area (Å²) in [7, 11) is 1.64. The van der Waals surface area contributed by atoms with Crippen LogP contribution < -0.4 is 4.74 Å². The zero-order chi connectivity index (χ0) is 18.1. The standard InChI is InChI=1S/C18H15BrN2O3S2/c1-23-14-5-4-11(19)9-12(14)18-21(6-8-26-18)17(22)13-10-15(24-20-13)16-3-2-7-25-16/h2-5,7,9-10,18H,6,8H2,1H3. The van der Waals surface area contributed by atoms with Gasteiger partial charge in [0.15, 0.2) is 11.5 Å². The molecule has 3 heterocycles. The van der Waals surface area contributed by atoms with Crippen molar-refractivity contribution in [3.8, 4) is 16.4 Å². The van der Waals surface area contributed by atoms with Crippen molar-refractivity contribution in [2.24, 2.45) is 0 Å². The Morgan fingerprint density at radius 1 is 1.38 bits per heavy atom. The highest BCUT2D eigenvalue weighted by atomic mass is 79.9. The van der Waals surface area contributed by atoms with Gasteiger partial charge < -0.3 is 14.2 Å². The van der Waals surface area contributed by atoms with Crippen molar-refractivity contribution < 1.29 is 14.1 Å².